The SMILES string of the molecule is [2H]C(Cl)C(=O)Cl. The molecule has 0 aromatic carbocycles. The van der Waals surface area contributed by atoms with E-state index in [9.17, 15) is 4.79 Å². The van der Waals surface area contributed by atoms with Crippen molar-refractivity contribution in [1.82, 2.24) is 0 Å². The van der Waals surface area contributed by atoms with Crippen LogP contribution in [-0.4, -0.2) is 11.1 Å². The summed E-state index contributed by atoms with van der Waals surface area (Å²) < 4.78 is 6.32. The first-order valence-corrected chi connectivity index (χ1v) is 1.71. The minimum atomic E-state index is -1.30. The van der Waals surface area contributed by atoms with Crippen molar-refractivity contribution in [3.8, 4) is 0 Å². The maximum Gasteiger partial charge on any atom is 0.236 e. The number of hydrogen-bond acceptors (Lipinski definition) is 1. The van der Waals surface area contributed by atoms with Gasteiger partial charge in [-0.2, -0.15) is 0 Å². The zero-order chi connectivity index (χ0) is 5.15. The van der Waals surface area contributed by atoms with Crippen LogP contribution in [0.25, 0.3) is 0 Å². The van der Waals surface area contributed by atoms with E-state index in [0.717, 1.165) is 0 Å². The zero-order valence-electron chi connectivity index (χ0n) is 3.24. The fourth-order valence-corrected chi connectivity index (χ4v) is 0. The highest BCUT2D eigenvalue weighted by Crippen LogP contribution is 1.80. The molecule has 0 spiro atoms. The second kappa shape index (κ2) is 2.49. The Morgan fingerprint density at radius 1 is 2.20 bits per heavy atom. The van der Waals surface area contributed by atoms with Gasteiger partial charge in [0, 0.05) is 0 Å². The molecule has 30 valence electrons. The number of carbonyl (C=O) groups excluding carboxylic acids is 1. The van der Waals surface area contributed by atoms with Crippen molar-refractivity contribution >= 4 is 28.4 Å². The maximum absolute atomic E-state index is 9.59. The normalized spacial score (nSPS) is 16.8. The summed E-state index contributed by atoms with van der Waals surface area (Å²) in [4.78, 5) is 9.59. The molecule has 0 saturated heterocycles. The number of halogens is 2. The van der Waals surface area contributed by atoms with Gasteiger partial charge in [0.2, 0.25) is 5.24 Å². The molecule has 5 heavy (non-hydrogen) atoms. The van der Waals surface area contributed by atoms with Gasteiger partial charge in [0.05, 0.1) is 7.23 Å². The van der Waals surface area contributed by atoms with Crippen LogP contribution in [0.4, 0.5) is 0 Å². The van der Waals surface area contributed by atoms with Crippen LogP contribution in [0.2, 0.25) is 0 Å². The molecule has 0 radical (unpaired) electrons. The lowest BCUT2D eigenvalue weighted by Gasteiger charge is -1.65. The largest absolute Gasteiger partial charge is 0.280 e. The Kier molecular flexibility index (Phi) is 1.71. The van der Waals surface area contributed by atoms with Crippen LogP contribution in [0.1, 0.15) is 1.37 Å². The minimum Gasteiger partial charge on any atom is -0.280 e. The Bertz CT molecular complexity index is 62.6. The Hall–Kier alpha value is 0.250. The van der Waals surface area contributed by atoms with Crippen LogP contribution in [0.3, 0.4) is 0 Å². The Balaban J connectivity index is 3.26. The molecule has 1 unspecified atom stereocenters. The quantitative estimate of drug-likeness (QED) is 0.367. The third-order valence-corrected chi connectivity index (χ3v) is 0.505. The third-order valence-electron chi connectivity index (χ3n) is 0.0858. The van der Waals surface area contributed by atoms with Crippen molar-refractivity contribution in [1.29, 1.82) is 0 Å². The van der Waals surface area contributed by atoms with E-state index in [-0.39, 0.29) is 0 Å². The minimum absolute atomic E-state index is 0.836. The standard InChI is InChI=1S/C2H2Cl2O/c3-1-2(4)5/h1H2/i1D. The van der Waals surface area contributed by atoms with Crippen molar-refractivity contribution in [2.45, 2.75) is 0 Å². The Labute approximate surface area is 41.3 Å². The first-order valence-electron chi connectivity index (χ1n) is 1.48. The summed E-state index contributed by atoms with van der Waals surface area (Å²) in [5.41, 5.74) is 0. The molecular formula is C2H2Cl2O. The average molecular weight is 114 g/mol. The van der Waals surface area contributed by atoms with E-state index in [4.69, 9.17) is 13.0 Å². The predicted octanol–water partition coefficient (Wildman–Crippen LogP) is 0.991. The second-order valence-corrected chi connectivity index (χ2v) is 1.00. The fourth-order valence-electron chi connectivity index (χ4n) is 0. The van der Waals surface area contributed by atoms with Crippen LogP contribution < -0.4 is 0 Å². The van der Waals surface area contributed by atoms with Crippen molar-refractivity contribution in [3.05, 3.63) is 0 Å². The highest BCUT2D eigenvalue weighted by molar-refractivity contribution is 6.67. The van der Waals surface area contributed by atoms with Crippen LogP contribution >= 0.6 is 23.2 Å². The number of rotatable bonds is 1. The molecule has 1 nitrogen and oxygen atoms in total. The van der Waals surface area contributed by atoms with E-state index in [2.05, 4.69) is 11.6 Å². The van der Waals surface area contributed by atoms with Gasteiger partial charge in [-0.05, 0) is 11.6 Å². The smallest absolute Gasteiger partial charge is 0.236 e. The molecular weight excluding hydrogens is 111 g/mol. The molecule has 0 aliphatic rings. The van der Waals surface area contributed by atoms with Gasteiger partial charge in [-0.3, -0.25) is 4.79 Å². The first-order chi connectivity index (χ1) is 2.64. The molecule has 0 heterocycles. The molecule has 0 aromatic heterocycles. The fraction of sp³-hybridized carbons (Fsp3) is 0.500. The van der Waals surface area contributed by atoms with Gasteiger partial charge < -0.3 is 0 Å². The van der Waals surface area contributed by atoms with Crippen LogP contribution in [0.5, 0.6) is 0 Å². The van der Waals surface area contributed by atoms with E-state index in [1.54, 1.807) is 0 Å². The number of hydrogen-bond donors (Lipinski definition) is 0. The zero-order valence-corrected chi connectivity index (χ0v) is 3.75. The number of alkyl halides is 1. The molecule has 0 saturated carbocycles. The summed E-state index contributed by atoms with van der Waals surface area (Å²) in [7, 11) is 0. The van der Waals surface area contributed by atoms with Gasteiger partial charge in [-0.15, -0.1) is 11.6 Å². The van der Waals surface area contributed by atoms with Crippen LogP contribution in [0.15, 0.2) is 0 Å². The molecule has 0 rings (SSSR count). The van der Waals surface area contributed by atoms with E-state index in [1.807, 2.05) is 0 Å². The predicted molar refractivity (Wildman–Crippen MR) is 21.6 cm³/mol. The molecule has 1 atom stereocenters. The van der Waals surface area contributed by atoms with Gasteiger partial charge in [0.1, 0.15) is 0 Å². The second-order valence-electron chi connectivity index (χ2n) is 0.413. The molecule has 0 amide bonds. The van der Waals surface area contributed by atoms with Gasteiger partial charge in [-0.25, -0.2) is 0 Å². The summed E-state index contributed by atoms with van der Waals surface area (Å²) in [6, 6.07) is 0. The summed E-state index contributed by atoms with van der Waals surface area (Å²) >= 11 is 9.45. The van der Waals surface area contributed by atoms with Gasteiger partial charge in [0.15, 0.2) is 0 Å². The van der Waals surface area contributed by atoms with E-state index in [0.29, 0.717) is 0 Å². The van der Waals surface area contributed by atoms with E-state index >= 15 is 0 Å². The summed E-state index contributed by atoms with van der Waals surface area (Å²) in [6.07, 6.45) is 0. The monoisotopic (exact) mass is 113 g/mol. The molecule has 0 aliphatic carbocycles. The molecule has 3 heteroatoms. The van der Waals surface area contributed by atoms with Crippen molar-refractivity contribution in [2.24, 2.45) is 0 Å². The number of carbonyl (C=O) groups is 1. The van der Waals surface area contributed by atoms with Crippen LogP contribution in [-0.2, 0) is 4.79 Å². The Morgan fingerprint density at radius 3 is 2.40 bits per heavy atom. The lowest BCUT2D eigenvalue weighted by molar-refractivity contribution is -0.109. The molecule has 0 aromatic rings. The molecule has 0 fully saturated rings. The average Bonchev–Trinajstić information content (AvgIpc) is 1.36. The van der Waals surface area contributed by atoms with E-state index in [1.165, 1.54) is 0 Å². The van der Waals surface area contributed by atoms with Gasteiger partial charge >= 0.3 is 0 Å². The summed E-state index contributed by atoms with van der Waals surface area (Å²) in [5, 5.41) is -0.836. The summed E-state index contributed by atoms with van der Waals surface area (Å²) in [6.45, 7) is 0. The van der Waals surface area contributed by atoms with Crippen LogP contribution in [0, 0.1) is 0 Å². The van der Waals surface area contributed by atoms with Gasteiger partial charge in [0.25, 0.3) is 0 Å². The lowest BCUT2D eigenvalue weighted by Crippen LogP contribution is -1.81. The highest BCUT2D eigenvalue weighted by atomic mass is 35.5. The molecule has 0 N–H and O–H groups in total. The molecule has 0 aliphatic heterocycles. The third kappa shape index (κ3) is 4.25. The van der Waals surface area contributed by atoms with Crippen molar-refractivity contribution < 1.29 is 6.17 Å². The Morgan fingerprint density at radius 2 is 2.40 bits per heavy atom. The first kappa shape index (κ1) is 3.44. The van der Waals surface area contributed by atoms with E-state index < -0.39 is 11.1 Å². The van der Waals surface area contributed by atoms with Gasteiger partial charge in [-0.1, -0.05) is 0 Å². The highest BCUT2D eigenvalue weighted by Gasteiger charge is 1.83. The molecule has 0 bridgehead atoms. The lowest BCUT2D eigenvalue weighted by atomic mass is 10.9. The van der Waals surface area contributed by atoms with Crippen molar-refractivity contribution in [2.75, 3.05) is 5.86 Å². The van der Waals surface area contributed by atoms with Crippen molar-refractivity contribution in [3.63, 3.8) is 0 Å². The summed E-state index contributed by atoms with van der Waals surface area (Å²) in [5.74, 6) is -1.30. The maximum atomic E-state index is 9.59. The topological polar surface area (TPSA) is 17.1 Å².